The first kappa shape index (κ1) is 21.3. The first-order valence-corrected chi connectivity index (χ1v) is 10.8. The van der Waals surface area contributed by atoms with E-state index < -0.39 is 5.60 Å². The smallest absolute Gasteiger partial charge is 0.123 e. The van der Waals surface area contributed by atoms with Gasteiger partial charge in [0.1, 0.15) is 5.82 Å². The number of aliphatic hydroxyl groups is 1. The third kappa shape index (κ3) is 3.76. The predicted octanol–water partition coefficient (Wildman–Crippen LogP) is 6.68. The highest BCUT2D eigenvalue weighted by Crippen LogP contribution is 2.52. The minimum Gasteiger partial charge on any atom is -0.384 e. The van der Waals surface area contributed by atoms with Crippen LogP contribution < -0.4 is 5.32 Å². The second-order valence-corrected chi connectivity index (χ2v) is 9.01. The summed E-state index contributed by atoms with van der Waals surface area (Å²) in [4.78, 5) is 0. The zero-order valence-corrected chi connectivity index (χ0v) is 18.3. The van der Waals surface area contributed by atoms with Crippen LogP contribution in [0.25, 0.3) is 0 Å². The molecule has 0 aromatic heterocycles. The second-order valence-electron chi connectivity index (χ2n) is 8.13. The molecule has 0 radical (unpaired) electrons. The highest BCUT2D eigenvalue weighted by atomic mass is 35.5. The van der Waals surface area contributed by atoms with Crippen LogP contribution in [0, 0.1) is 17.7 Å². The Morgan fingerprint density at radius 1 is 0.733 bits per heavy atom. The number of halogens is 3. The summed E-state index contributed by atoms with van der Waals surface area (Å²) in [6.07, 6.45) is 0. The maximum Gasteiger partial charge on any atom is 0.123 e. The lowest BCUT2D eigenvalue weighted by atomic mass is 9.63. The molecule has 1 aliphatic heterocycles. The van der Waals surface area contributed by atoms with Gasteiger partial charge in [-0.25, -0.2) is 4.39 Å². The van der Waals surface area contributed by atoms with Crippen LogP contribution in [0.3, 0.4) is 0 Å². The molecule has 5 heteroatoms. The lowest BCUT2D eigenvalue weighted by molar-refractivity contribution is -0.118. The van der Waals surface area contributed by atoms with E-state index in [1.54, 1.807) is 12.1 Å². The zero-order valence-electron chi connectivity index (χ0n) is 16.8. The first-order chi connectivity index (χ1) is 14.3. The minimum absolute atomic E-state index is 0.130. The molecule has 0 saturated carbocycles. The van der Waals surface area contributed by atoms with E-state index in [4.69, 9.17) is 23.2 Å². The van der Waals surface area contributed by atoms with Crippen LogP contribution in [0.2, 0.25) is 10.0 Å². The van der Waals surface area contributed by atoms with Crippen molar-refractivity contribution in [2.45, 2.75) is 31.5 Å². The van der Waals surface area contributed by atoms with Gasteiger partial charge in [0.05, 0.1) is 5.60 Å². The van der Waals surface area contributed by atoms with E-state index in [1.807, 2.05) is 62.4 Å². The molecule has 3 aromatic rings. The van der Waals surface area contributed by atoms with Crippen molar-refractivity contribution in [2.75, 3.05) is 0 Å². The van der Waals surface area contributed by atoms with Gasteiger partial charge < -0.3 is 10.4 Å². The molecule has 1 fully saturated rings. The Morgan fingerprint density at radius 3 is 1.53 bits per heavy atom. The zero-order chi connectivity index (χ0) is 21.5. The molecule has 4 atom stereocenters. The average molecular weight is 444 g/mol. The Hall–Kier alpha value is -1.91. The van der Waals surface area contributed by atoms with Gasteiger partial charge >= 0.3 is 0 Å². The molecule has 1 heterocycles. The summed E-state index contributed by atoms with van der Waals surface area (Å²) in [7, 11) is 0. The Kier molecular flexibility index (Phi) is 5.91. The van der Waals surface area contributed by atoms with Crippen molar-refractivity contribution < 1.29 is 9.50 Å². The number of benzene rings is 3. The van der Waals surface area contributed by atoms with E-state index in [1.165, 1.54) is 12.1 Å². The number of rotatable bonds is 3. The lowest BCUT2D eigenvalue weighted by Gasteiger charge is -2.52. The van der Waals surface area contributed by atoms with Crippen LogP contribution in [0.5, 0.6) is 0 Å². The quantitative estimate of drug-likeness (QED) is 0.473. The van der Waals surface area contributed by atoms with Crippen LogP contribution in [0.4, 0.5) is 4.39 Å². The molecule has 0 amide bonds. The van der Waals surface area contributed by atoms with Gasteiger partial charge in [-0.1, -0.05) is 73.4 Å². The largest absolute Gasteiger partial charge is 0.384 e. The van der Waals surface area contributed by atoms with Gasteiger partial charge in [-0.05, 0) is 53.1 Å². The van der Waals surface area contributed by atoms with Crippen LogP contribution in [-0.2, 0) is 5.60 Å². The summed E-state index contributed by atoms with van der Waals surface area (Å²) >= 11 is 12.2. The van der Waals surface area contributed by atoms with Crippen molar-refractivity contribution in [1.29, 1.82) is 0 Å². The second kappa shape index (κ2) is 8.32. The van der Waals surface area contributed by atoms with Gasteiger partial charge in [0.15, 0.2) is 0 Å². The third-order valence-corrected chi connectivity index (χ3v) is 7.02. The average Bonchev–Trinajstić information content (AvgIpc) is 2.74. The van der Waals surface area contributed by atoms with Crippen LogP contribution in [0.1, 0.15) is 42.6 Å². The van der Waals surface area contributed by atoms with Crippen molar-refractivity contribution in [2.24, 2.45) is 11.8 Å². The van der Waals surface area contributed by atoms with E-state index in [9.17, 15) is 9.50 Å². The molecule has 3 aromatic carbocycles. The molecule has 1 aliphatic rings. The van der Waals surface area contributed by atoms with Crippen molar-refractivity contribution in [3.63, 3.8) is 0 Å². The molecule has 0 bridgehead atoms. The monoisotopic (exact) mass is 443 g/mol. The van der Waals surface area contributed by atoms with Crippen molar-refractivity contribution in [1.82, 2.24) is 5.32 Å². The fourth-order valence-electron chi connectivity index (χ4n) is 4.76. The Balaban J connectivity index is 1.83. The highest BCUT2D eigenvalue weighted by Gasteiger charge is 2.52. The van der Waals surface area contributed by atoms with Crippen LogP contribution in [0.15, 0.2) is 72.8 Å². The van der Waals surface area contributed by atoms with Gasteiger partial charge in [-0.3, -0.25) is 0 Å². The van der Waals surface area contributed by atoms with Gasteiger partial charge in [-0.15, -0.1) is 0 Å². The highest BCUT2D eigenvalue weighted by molar-refractivity contribution is 6.30. The molecule has 2 nitrogen and oxygen atoms in total. The minimum atomic E-state index is -1.17. The third-order valence-electron chi connectivity index (χ3n) is 6.51. The molecule has 1 saturated heterocycles. The molecular formula is C25H24Cl2FNO. The van der Waals surface area contributed by atoms with Gasteiger partial charge in [0.2, 0.25) is 0 Å². The van der Waals surface area contributed by atoms with Gasteiger partial charge in [0.25, 0.3) is 0 Å². The number of hydrogen-bond donors (Lipinski definition) is 2. The van der Waals surface area contributed by atoms with Gasteiger partial charge in [0, 0.05) is 34.0 Å². The molecule has 156 valence electrons. The summed E-state index contributed by atoms with van der Waals surface area (Å²) in [6.45, 7) is 4.06. The van der Waals surface area contributed by atoms with Crippen LogP contribution in [-0.4, -0.2) is 5.11 Å². The predicted molar refractivity (Wildman–Crippen MR) is 120 cm³/mol. The van der Waals surface area contributed by atoms with Crippen molar-refractivity contribution >= 4 is 23.2 Å². The maximum absolute atomic E-state index is 13.6. The fourth-order valence-corrected chi connectivity index (χ4v) is 5.01. The van der Waals surface area contributed by atoms with Crippen LogP contribution >= 0.6 is 23.2 Å². The Morgan fingerprint density at radius 2 is 1.13 bits per heavy atom. The Bertz CT molecular complexity index is 947. The normalized spacial score (nSPS) is 29.0. The van der Waals surface area contributed by atoms with E-state index in [0.717, 1.165) is 11.1 Å². The summed E-state index contributed by atoms with van der Waals surface area (Å²) in [5, 5.41) is 17.2. The maximum atomic E-state index is 13.6. The summed E-state index contributed by atoms with van der Waals surface area (Å²) < 4.78 is 13.6. The molecular weight excluding hydrogens is 420 g/mol. The van der Waals surface area contributed by atoms with E-state index in [-0.39, 0.29) is 29.7 Å². The van der Waals surface area contributed by atoms with Crippen molar-refractivity contribution in [3.05, 3.63) is 105 Å². The standard InChI is InChI=1S/C25H24Cl2FNO/c1-15-23(17-3-9-20(26)10-4-17)29-24(18-5-11-21(27)12-6-18)16(2)25(15,30)19-7-13-22(28)14-8-19/h3-16,23-24,29-30H,1-2H3. The molecule has 2 N–H and O–H groups in total. The molecule has 4 rings (SSSR count). The number of piperidine rings is 1. The molecule has 30 heavy (non-hydrogen) atoms. The summed E-state index contributed by atoms with van der Waals surface area (Å²) in [6, 6.07) is 21.3. The lowest BCUT2D eigenvalue weighted by Crippen LogP contribution is -2.55. The van der Waals surface area contributed by atoms with Gasteiger partial charge in [-0.2, -0.15) is 0 Å². The Labute approximate surface area is 186 Å². The molecule has 0 spiro atoms. The number of nitrogens with one attached hydrogen (secondary N) is 1. The van der Waals surface area contributed by atoms with E-state index in [0.29, 0.717) is 15.6 Å². The molecule has 0 aliphatic carbocycles. The summed E-state index contributed by atoms with van der Waals surface area (Å²) in [5.41, 5.74) is 1.62. The molecule has 4 unspecified atom stereocenters. The van der Waals surface area contributed by atoms with E-state index >= 15 is 0 Å². The topological polar surface area (TPSA) is 32.3 Å². The number of hydrogen-bond acceptors (Lipinski definition) is 2. The van der Waals surface area contributed by atoms with E-state index in [2.05, 4.69) is 5.32 Å². The van der Waals surface area contributed by atoms with Crippen molar-refractivity contribution in [3.8, 4) is 0 Å². The SMILES string of the molecule is CC1C(c2ccc(Cl)cc2)NC(c2ccc(Cl)cc2)C(C)C1(O)c1ccc(F)cc1. The fraction of sp³-hybridized carbons (Fsp3) is 0.280. The first-order valence-electron chi connectivity index (χ1n) is 10.1. The summed E-state index contributed by atoms with van der Waals surface area (Å²) in [5.74, 6) is -0.675.